The molecule has 3 heteroatoms. The highest BCUT2D eigenvalue weighted by atomic mass is 32.1. The third-order valence-corrected chi connectivity index (χ3v) is 2.80. The number of ether oxygens (including phenoxy) is 1. The zero-order valence-corrected chi connectivity index (χ0v) is 9.83. The molecular weight excluding hydrogens is 220 g/mol. The quantitative estimate of drug-likeness (QED) is 0.650. The lowest BCUT2D eigenvalue weighted by Crippen LogP contribution is -1.99. The molecule has 0 bridgehead atoms. The lowest BCUT2D eigenvalue weighted by molar-refractivity contribution is 0.102. The Balaban J connectivity index is 2.51. The molecular formula is C13H12O2S. The smallest absolute Gasteiger partial charge is 0.172 e. The zero-order chi connectivity index (χ0) is 11.5. The number of hydrogen-bond acceptors (Lipinski definition) is 3. The zero-order valence-electron chi connectivity index (χ0n) is 8.93. The summed E-state index contributed by atoms with van der Waals surface area (Å²) in [6, 6.07) is 11.4. The number of ketones is 1. The fraction of sp³-hybridized carbons (Fsp3) is 0.154. The van der Waals surface area contributed by atoms with Crippen LogP contribution in [0.5, 0.6) is 5.75 Å². The molecule has 0 N–H and O–H groups in total. The Morgan fingerprint density at radius 1 is 1.19 bits per heavy atom. The number of methoxy groups -OCH3 is 1. The molecule has 0 aliphatic heterocycles. The van der Waals surface area contributed by atoms with E-state index in [1.807, 2.05) is 36.4 Å². The molecule has 0 atom stereocenters. The Hall–Kier alpha value is -1.48. The Morgan fingerprint density at radius 3 is 2.56 bits per heavy atom. The minimum absolute atomic E-state index is 0.0426. The Labute approximate surface area is 99.6 Å². The van der Waals surface area contributed by atoms with Crippen molar-refractivity contribution in [2.45, 2.75) is 0 Å². The molecule has 0 aliphatic carbocycles. The van der Waals surface area contributed by atoms with Gasteiger partial charge in [0.05, 0.1) is 12.9 Å². The van der Waals surface area contributed by atoms with Gasteiger partial charge in [-0.2, -0.15) is 12.6 Å². The summed E-state index contributed by atoms with van der Waals surface area (Å²) in [5.74, 6) is 1.10. The Kier molecular flexibility index (Phi) is 3.15. The first kappa shape index (κ1) is 11.0. The lowest BCUT2D eigenvalue weighted by atomic mass is 10.0. The number of hydrogen-bond donors (Lipinski definition) is 1. The second-order valence-corrected chi connectivity index (χ2v) is 3.83. The number of Topliss-reactive ketones (excluding diaryl/α,β-unsaturated/α-hetero) is 1. The van der Waals surface area contributed by atoms with Crippen molar-refractivity contribution in [3.63, 3.8) is 0 Å². The number of rotatable bonds is 3. The van der Waals surface area contributed by atoms with Crippen LogP contribution in [0.3, 0.4) is 0 Å². The van der Waals surface area contributed by atoms with E-state index < -0.39 is 0 Å². The first-order valence-corrected chi connectivity index (χ1v) is 5.59. The summed E-state index contributed by atoms with van der Waals surface area (Å²) in [6.45, 7) is 0. The second kappa shape index (κ2) is 4.58. The van der Waals surface area contributed by atoms with E-state index in [1.54, 1.807) is 7.11 Å². The van der Waals surface area contributed by atoms with Crippen LogP contribution in [0.15, 0.2) is 36.4 Å². The Morgan fingerprint density at radius 2 is 1.88 bits per heavy atom. The van der Waals surface area contributed by atoms with Gasteiger partial charge in [0.2, 0.25) is 0 Å². The van der Waals surface area contributed by atoms with Gasteiger partial charge in [-0.25, -0.2) is 0 Å². The molecule has 2 rings (SSSR count). The van der Waals surface area contributed by atoms with Crippen LogP contribution in [0, 0.1) is 0 Å². The van der Waals surface area contributed by atoms with E-state index in [4.69, 9.17) is 4.74 Å². The van der Waals surface area contributed by atoms with Crippen LogP contribution in [0.1, 0.15) is 10.4 Å². The summed E-state index contributed by atoms with van der Waals surface area (Å²) in [5, 5.41) is 2.10. The van der Waals surface area contributed by atoms with Gasteiger partial charge >= 0.3 is 0 Å². The van der Waals surface area contributed by atoms with Gasteiger partial charge in [-0.15, -0.1) is 0 Å². The van der Waals surface area contributed by atoms with Gasteiger partial charge in [-0.1, -0.05) is 18.2 Å². The van der Waals surface area contributed by atoms with E-state index in [1.165, 1.54) is 0 Å². The molecule has 82 valence electrons. The minimum Gasteiger partial charge on any atom is -0.497 e. The Bertz CT molecular complexity index is 534. The van der Waals surface area contributed by atoms with E-state index in [9.17, 15) is 4.79 Å². The molecule has 0 heterocycles. The third kappa shape index (κ3) is 2.04. The van der Waals surface area contributed by atoms with Gasteiger partial charge in [0, 0.05) is 5.56 Å². The van der Waals surface area contributed by atoms with Crippen molar-refractivity contribution in [1.29, 1.82) is 0 Å². The molecule has 0 unspecified atom stereocenters. The molecule has 2 aromatic carbocycles. The fourth-order valence-electron chi connectivity index (χ4n) is 1.62. The molecule has 0 spiro atoms. The lowest BCUT2D eigenvalue weighted by Gasteiger charge is -2.04. The maximum atomic E-state index is 11.5. The maximum absolute atomic E-state index is 11.5. The van der Waals surface area contributed by atoms with Crippen LogP contribution in [0.25, 0.3) is 10.8 Å². The largest absolute Gasteiger partial charge is 0.497 e. The maximum Gasteiger partial charge on any atom is 0.172 e. The molecule has 0 fully saturated rings. The first-order chi connectivity index (χ1) is 7.74. The molecule has 0 saturated heterocycles. The van der Waals surface area contributed by atoms with E-state index in [0.29, 0.717) is 5.56 Å². The minimum atomic E-state index is 0.0426. The van der Waals surface area contributed by atoms with Crippen LogP contribution < -0.4 is 4.74 Å². The molecule has 0 saturated carbocycles. The van der Waals surface area contributed by atoms with Crippen LogP contribution in [0.2, 0.25) is 0 Å². The number of benzene rings is 2. The van der Waals surface area contributed by atoms with Gasteiger partial charge in [0.25, 0.3) is 0 Å². The number of carbonyl (C=O) groups is 1. The predicted octanol–water partition coefficient (Wildman–Crippen LogP) is 2.96. The highest BCUT2D eigenvalue weighted by Gasteiger charge is 2.04. The van der Waals surface area contributed by atoms with E-state index in [2.05, 4.69) is 12.6 Å². The van der Waals surface area contributed by atoms with Crippen LogP contribution in [-0.4, -0.2) is 18.6 Å². The van der Waals surface area contributed by atoms with Crippen LogP contribution >= 0.6 is 12.6 Å². The first-order valence-electron chi connectivity index (χ1n) is 4.96. The highest BCUT2D eigenvalue weighted by molar-refractivity contribution is 7.81. The van der Waals surface area contributed by atoms with Crippen molar-refractivity contribution in [2.24, 2.45) is 0 Å². The van der Waals surface area contributed by atoms with E-state index in [0.717, 1.165) is 16.5 Å². The van der Waals surface area contributed by atoms with Crippen molar-refractivity contribution in [1.82, 2.24) is 0 Å². The molecule has 0 amide bonds. The molecule has 2 aromatic rings. The molecule has 0 aliphatic rings. The van der Waals surface area contributed by atoms with Crippen molar-refractivity contribution in [3.05, 3.63) is 42.0 Å². The van der Waals surface area contributed by atoms with Gasteiger partial charge < -0.3 is 4.74 Å². The number of carbonyl (C=O) groups excluding carboxylic acids is 1. The van der Waals surface area contributed by atoms with Gasteiger partial charge in [-0.3, -0.25) is 4.79 Å². The average molecular weight is 232 g/mol. The van der Waals surface area contributed by atoms with Crippen molar-refractivity contribution >= 4 is 29.2 Å². The molecule has 0 radical (unpaired) electrons. The third-order valence-electron chi connectivity index (χ3n) is 2.51. The monoisotopic (exact) mass is 232 g/mol. The van der Waals surface area contributed by atoms with Gasteiger partial charge in [0.1, 0.15) is 5.75 Å². The molecule has 0 aromatic heterocycles. The predicted molar refractivity (Wildman–Crippen MR) is 68.7 cm³/mol. The summed E-state index contributed by atoms with van der Waals surface area (Å²) in [5.41, 5.74) is 0.702. The van der Waals surface area contributed by atoms with E-state index >= 15 is 0 Å². The summed E-state index contributed by atoms with van der Waals surface area (Å²) in [7, 11) is 1.64. The second-order valence-electron chi connectivity index (χ2n) is 3.51. The van der Waals surface area contributed by atoms with Crippen LogP contribution in [-0.2, 0) is 0 Å². The fourth-order valence-corrected chi connectivity index (χ4v) is 1.80. The topological polar surface area (TPSA) is 26.3 Å². The normalized spacial score (nSPS) is 10.4. The standard InChI is InChI=1S/C13H12O2S/c1-15-12-5-4-9-6-11(13(14)8-16)3-2-10(9)7-12/h2-7,16H,8H2,1H3. The van der Waals surface area contributed by atoms with Crippen molar-refractivity contribution in [2.75, 3.05) is 12.9 Å². The number of thiol groups is 1. The SMILES string of the molecule is COc1ccc2cc(C(=O)CS)ccc2c1. The van der Waals surface area contributed by atoms with Crippen molar-refractivity contribution in [3.8, 4) is 5.75 Å². The van der Waals surface area contributed by atoms with E-state index in [-0.39, 0.29) is 11.5 Å². The molecule has 2 nitrogen and oxygen atoms in total. The summed E-state index contributed by atoms with van der Waals surface area (Å²) >= 11 is 3.98. The highest BCUT2D eigenvalue weighted by Crippen LogP contribution is 2.22. The average Bonchev–Trinajstić information content (AvgIpc) is 2.36. The van der Waals surface area contributed by atoms with Gasteiger partial charge in [0.15, 0.2) is 5.78 Å². The molecule has 16 heavy (non-hydrogen) atoms. The summed E-state index contributed by atoms with van der Waals surface area (Å²) < 4.78 is 5.14. The van der Waals surface area contributed by atoms with Crippen molar-refractivity contribution < 1.29 is 9.53 Å². The van der Waals surface area contributed by atoms with Crippen LogP contribution in [0.4, 0.5) is 0 Å². The number of fused-ring (bicyclic) bond motifs is 1. The summed E-state index contributed by atoms with van der Waals surface area (Å²) in [4.78, 5) is 11.5. The van der Waals surface area contributed by atoms with Gasteiger partial charge in [-0.05, 0) is 29.0 Å². The summed E-state index contributed by atoms with van der Waals surface area (Å²) in [6.07, 6.45) is 0.